The molecule has 0 unspecified atom stereocenters. The quantitative estimate of drug-likeness (QED) is 0.731. The summed E-state index contributed by atoms with van der Waals surface area (Å²) in [6.07, 6.45) is 2.99. The first-order valence-electron chi connectivity index (χ1n) is 11.2. The highest BCUT2D eigenvalue weighted by atomic mass is 16.5. The standard InChI is InChI=1S/C25H33N3O2/c1-20(7-8-21-5-3-2-4-6-21)26-25(29)19-28-14-12-27(13-15-28)18-22-9-10-24-23(17-22)11-16-30-24/h2-6,9-10,17,20H,7-8,11-16,18-19H2,1H3,(H,26,29)/t20-/m1/s1. The van der Waals surface area contributed by atoms with E-state index in [1.165, 1.54) is 16.7 Å². The minimum absolute atomic E-state index is 0.141. The first-order valence-corrected chi connectivity index (χ1v) is 11.2. The van der Waals surface area contributed by atoms with Crippen LogP contribution in [0, 0.1) is 0 Å². The lowest BCUT2D eigenvalue weighted by atomic mass is 10.1. The van der Waals surface area contributed by atoms with Crippen molar-refractivity contribution in [3.63, 3.8) is 0 Å². The number of ether oxygens (including phenoxy) is 1. The van der Waals surface area contributed by atoms with Gasteiger partial charge in [-0.05, 0) is 42.5 Å². The molecule has 0 saturated carbocycles. The number of amides is 1. The summed E-state index contributed by atoms with van der Waals surface area (Å²) < 4.78 is 5.60. The highest BCUT2D eigenvalue weighted by Gasteiger charge is 2.20. The van der Waals surface area contributed by atoms with E-state index in [2.05, 4.69) is 64.5 Å². The molecule has 2 aromatic rings. The monoisotopic (exact) mass is 407 g/mol. The molecule has 2 heterocycles. The summed E-state index contributed by atoms with van der Waals surface area (Å²) in [5, 5.41) is 3.17. The Morgan fingerprint density at radius 1 is 1.03 bits per heavy atom. The molecule has 2 aliphatic heterocycles. The van der Waals surface area contributed by atoms with Crippen LogP contribution in [0.1, 0.15) is 30.0 Å². The molecule has 160 valence electrons. The molecule has 1 fully saturated rings. The number of rotatable bonds is 8. The summed E-state index contributed by atoms with van der Waals surface area (Å²) in [6.45, 7) is 8.28. The summed E-state index contributed by atoms with van der Waals surface area (Å²) in [4.78, 5) is 17.2. The fourth-order valence-electron chi connectivity index (χ4n) is 4.33. The summed E-state index contributed by atoms with van der Waals surface area (Å²) in [7, 11) is 0. The van der Waals surface area contributed by atoms with Gasteiger partial charge >= 0.3 is 0 Å². The molecule has 30 heavy (non-hydrogen) atoms. The number of carbonyl (C=O) groups excluding carboxylic acids is 1. The third-order valence-electron chi connectivity index (χ3n) is 6.11. The molecule has 4 rings (SSSR count). The van der Waals surface area contributed by atoms with E-state index in [4.69, 9.17) is 4.74 Å². The molecule has 5 heteroatoms. The number of piperazine rings is 1. The Morgan fingerprint density at radius 2 is 1.80 bits per heavy atom. The number of nitrogens with one attached hydrogen (secondary N) is 1. The Labute approximate surface area is 180 Å². The van der Waals surface area contributed by atoms with Crippen LogP contribution in [-0.2, 0) is 24.2 Å². The zero-order valence-corrected chi connectivity index (χ0v) is 18.0. The number of fused-ring (bicyclic) bond motifs is 1. The van der Waals surface area contributed by atoms with E-state index in [1.807, 2.05) is 6.07 Å². The van der Waals surface area contributed by atoms with E-state index in [0.717, 1.165) is 64.3 Å². The maximum absolute atomic E-state index is 12.4. The van der Waals surface area contributed by atoms with Crippen molar-refractivity contribution in [1.82, 2.24) is 15.1 Å². The minimum Gasteiger partial charge on any atom is -0.493 e. The lowest BCUT2D eigenvalue weighted by Crippen LogP contribution is -2.50. The summed E-state index contributed by atoms with van der Waals surface area (Å²) in [5.74, 6) is 1.19. The number of hydrogen-bond donors (Lipinski definition) is 1. The van der Waals surface area contributed by atoms with Crippen molar-refractivity contribution in [2.24, 2.45) is 0 Å². The predicted octanol–water partition coefficient (Wildman–Crippen LogP) is 2.88. The molecule has 0 bridgehead atoms. The molecule has 0 spiro atoms. The molecule has 1 saturated heterocycles. The Kier molecular flexibility index (Phi) is 7.03. The van der Waals surface area contributed by atoms with Crippen molar-refractivity contribution in [1.29, 1.82) is 0 Å². The van der Waals surface area contributed by atoms with Gasteiger partial charge in [-0.2, -0.15) is 0 Å². The number of nitrogens with zero attached hydrogens (tertiary/aromatic N) is 2. The molecular formula is C25H33N3O2. The summed E-state index contributed by atoms with van der Waals surface area (Å²) >= 11 is 0. The van der Waals surface area contributed by atoms with E-state index in [-0.39, 0.29) is 11.9 Å². The van der Waals surface area contributed by atoms with Gasteiger partial charge in [-0.1, -0.05) is 42.5 Å². The second-order valence-corrected chi connectivity index (χ2v) is 8.59. The highest BCUT2D eigenvalue weighted by Crippen LogP contribution is 2.26. The Hall–Kier alpha value is -2.37. The summed E-state index contributed by atoms with van der Waals surface area (Å²) in [6, 6.07) is 17.2. The molecule has 2 aliphatic rings. The minimum atomic E-state index is 0.141. The smallest absolute Gasteiger partial charge is 0.234 e. The molecule has 2 aromatic carbocycles. The number of carbonyl (C=O) groups is 1. The van der Waals surface area contributed by atoms with Crippen molar-refractivity contribution >= 4 is 5.91 Å². The molecule has 0 aromatic heterocycles. The van der Waals surface area contributed by atoms with Crippen molar-refractivity contribution in [2.45, 2.75) is 38.8 Å². The largest absolute Gasteiger partial charge is 0.493 e. The zero-order valence-electron chi connectivity index (χ0n) is 18.0. The van der Waals surface area contributed by atoms with Crippen LogP contribution < -0.4 is 10.1 Å². The van der Waals surface area contributed by atoms with Crippen molar-refractivity contribution in [2.75, 3.05) is 39.3 Å². The van der Waals surface area contributed by atoms with E-state index >= 15 is 0 Å². The molecule has 1 amide bonds. The van der Waals surface area contributed by atoms with E-state index in [0.29, 0.717) is 6.54 Å². The van der Waals surface area contributed by atoms with Crippen LogP contribution in [0.2, 0.25) is 0 Å². The van der Waals surface area contributed by atoms with Gasteiger partial charge in [-0.15, -0.1) is 0 Å². The Balaban J connectivity index is 1.15. The molecular weight excluding hydrogens is 374 g/mol. The fourth-order valence-corrected chi connectivity index (χ4v) is 4.33. The van der Waals surface area contributed by atoms with Gasteiger partial charge in [-0.25, -0.2) is 0 Å². The van der Waals surface area contributed by atoms with Crippen molar-refractivity contribution in [3.8, 4) is 5.75 Å². The Bertz CT molecular complexity index is 832. The molecule has 5 nitrogen and oxygen atoms in total. The lowest BCUT2D eigenvalue weighted by molar-refractivity contribution is -0.123. The lowest BCUT2D eigenvalue weighted by Gasteiger charge is -2.34. The molecule has 1 atom stereocenters. The fraction of sp³-hybridized carbons (Fsp3) is 0.480. The van der Waals surface area contributed by atoms with Crippen LogP contribution >= 0.6 is 0 Å². The second kappa shape index (κ2) is 10.1. The van der Waals surface area contributed by atoms with Gasteiger partial charge in [0.2, 0.25) is 5.91 Å². The first-order chi connectivity index (χ1) is 14.7. The first kappa shape index (κ1) is 20.9. The van der Waals surface area contributed by atoms with Crippen LogP contribution in [0.3, 0.4) is 0 Å². The maximum Gasteiger partial charge on any atom is 0.234 e. The predicted molar refractivity (Wildman–Crippen MR) is 120 cm³/mol. The zero-order chi connectivity index (χ0) is 20.8. The molecule has 0 radical (unpaired) electrons. The molecule has 1 N–H and O–H groups in total. The third kappa shape index (κ3) is 5.83. The SMILES string of the molecule is C[C@H](CCc1ccccc1)NC(=O)CN1CCN(Cc2ccc3c(c2)CCO3)CC1. The topological polar surface area (TPSA) is 44.8 Å². The van der Waals surface area contributed by atoms with Crippen LogP contribution in [0.25, 0.3) is 0 Å². The van der Waals surface area contributed by atoms with Gasteiger partial charge in [-0.3, -0.25) is 14.6 Å². The third-order valence-corrected chi connectivity index (χ3v) is 6.11. The maximum atomic E-state index is 12.4. The van der Waals surface area contributed by atoms with Gasteiger partial charge in [0.15, 0.2) is 0 Å². The normalized spacial score (nSPS) is 17.9. The van der Waals surface area contributed by atoms with E-state index in [1.54, 1.807) is 0 Å². The summed E-state index contributed by atoms with van der Waals surface area (Å²) in [5.41, 5.74) is 4.02. The van der Waals surface area contributed by atoms with E-state index < -0.39 is 0 Å². The average molecular weight is 408 g/mol. The van der Waals surface area contributed by atoms with Crippen molar-refractivity contribution in [3.05, 3.63) is 65.2 Å². The molecule has 0 aliphatic carbocycles. The number of benzene rings is 2. The van der Waals surface area contributed by atoms with Crippen LogP contribution in [-0.4, -0.2) is 61.1 Å². The number of hydrogen-bond acceptors (Lipinski definition) is 4. The van der Waals surface area contributed by atoms with Gasteiger partial charge in [0.05, 0.1) is 13.2 Å². The second-order valence-electron chi connectivity index (χ2n) is 8.59. The van der Waals surface area contributed by atoms with Crippen molar-refractivity contribution < 1.29 is 9.53 Å². The highest BCUT2D eigenvalue weighted by molar-refractivity contribution is 5.78. The van der Waals surface area contributed by atoms with Gasteiger partial charge in [0.1, 0.15) is 5.75 Å². The Morgan fingerprint density at radius 3 is 2.60 bits per heavy atom. The van der Waals surface area contributed by atoms with Gasteiger partial charge in [0.25, 0.3) is 0 Å². The van der Waals surface area contributed by atoms with Gasteiger partial charge < -0.3 is 10.1 Å². The average Bonchev–Trinajstić information content (AvgIpc) is 3.22. The van der Waals surface area contributed by atoms with Crippen LogP contribution in [0.5, 0.6) is 5.75 Å². The van der Waals surface area contributed by atoms with Crippen LogP contribution in [0.15, 0.2) is 48.5 Å². The number of aryl methyl sites for hydroxylation is 1. The van der Waals surface area contributed by atoms with E-state index in [9.17, 15) is 4.79 Å². The van der Waals surface area contributed by atoms with Crippen LogP contribution in [0.4, 0.5) is 0 Å². The van der Waals surface area contributed by atoms with Gasteiger partial charge in [0, 0.05) is 45.2 Å².